The van der Waals surface area contributed by atoms with E-state index in [9.17, 15) is 0 Å². The van der Waals surface area contributed by atoms with E-state index in [0.717, 1.165) is 17.0 Å². The molecule has 0 bridgehead atoms. The molecule has 0 heterocycles. The third-order valence-corrected chi connectivity index (χ3v) is 3.89. The summed E-state index contributed by atoms with van der Waals surface area (Å²) < 4.78 is 0. The number of aryl methyl sites for hydroxylation is 1. The highest BCUT2D eigenvalue weighted by Gasteiger charge is 2.03. The van der Waals surface area contributed by atoms with Crippen LogP contribution >= 0.6 is 23.8 Å². The fraction of sp³-hybridized carbons (Fsp3) is 0.176. The van der Waals surface area contributed by atoms with Crippen LogP contribution in [0.2, 0.25) is 5.02 Å². The van der Waals surface area contributed by atoms with Crippen molar-refractivity contribution in [2.75, 3.05) is 5.32 Å². The third-order valence-electron chi connectivity index (χ3n) is 3.44. The molecule has 2 N–H and O–H groups in total. The predicted octanol–water partition coefficient (Wildman–Crippen LogP) is 4.67. The first-order valence-electron chi connectivity index (χ1n) is 6.91. The molecule has 0 aliphatic heterocycles. The second kappa shape index (κ2) is 7.38. The van der Waals surface area contributed by atoms with Gasteiger partial charge in [-0.25, -0.2) is 0 Å². The maximum atomic E-state index is 5.88. The van der Waals surface area contributed by atoms with Gasteiger partial charge in [0.2, 0.25) is 0 Å². The van der Waals surface area contributed by atoms with Crippen LogP contribution in [0.1, 0.15) is 23.6 Å². The Morgan fingerprint density at radius 3 is 2.45 bits per heavy atom. The number of hydrogen-bond donors (Lipinski definition) is 2. The number of hydrogen-bond acceptors (Lipinski definition) is 2. The Kier molecular flexibility index (Phi) is 5.52. The van der Waals surface area contributed by atoms with E-state index in [2.05, 4.69) is 35.8 Å². The van der Waals surface area contributed by atoms with Crippen molar-refractivity contribution in [2.45, 2.75) is 20.8 Å². The van der Waals surface area contributed by atoms with Gasteiger partial charge in [0.1, 0.15) is 0 Å². The number of anilines is 1. The van der Waals surface area contributed by atoms with Crippen molar-refractivity contribution >= 4 is 40.3 Å². The van der Waals surface area contributed by atoms with Crippen molar-refractivity contribution in [2.24, 2.45) is 5.10 Å². The fourth-order valence-electron chi connectivity index (χ4n) is 1.93. The standard InChI is InChI=1S/C17H18ClN3S/c1-11-5-4-6-16(12(11)2)19-17(22)21-20-13(3)14-7-9-15(18)10-8-14/h4-10H,1-3H3,(H2,19,21,22). The maximum absolute atomic E-state index is 5.88. The van der Waals surface area contributed by atoms with Crippen molar-refractivity contribution in [3.63, 3.8) is 0 Å². The van der Waals surface area contributed by atoms with Gasteiger partial charge in [0.05, 0.1) is 5.71 Å². The van der Waals surface area contributed by atoms with Gasteiger partial charge >= 0.3 is 0 Å². The van der Waals surface area contributed by atoms with Crippen LogP contribution in [0, 0.1) is 13.8 Å². The smallest absolute Gasteiger partial charge is 0.191 e. The van der Waals surface area contributed by atoms with Gasteiger partial charge in [-0.3, -0.25) is 5.43 Å². The summed E-state index contributed by atoms with van der Waals surface area (Å²) in [5, 5.41) is 8.62. The number of rotatable bonds is 3. The Balaban J connectivity index is 2.01. The predicted molar refractivity (Wildman–Crippen MR) is 98.9 cm³/mol. The first-order valence-corrected chi connectivity index (χ1v) is 7.69. The fourth-order valence-corrected chi connectivity index (χ4v) is 2.21. The molecule has 0 fully saturated rings. The highest BCUT2D eigenvalue weighted by Crippen LogP contribution is 2.17. The monoisotopic (exact) mass is 331 g/mol. The van der Waals surface area contributed by atoms with E-state index in [0.29, 0.717) is 10.1 Å². The van der Waals surface area contributed by atoms with E-state index in [1.165, 1.54) is 11.1 Å². The van der Waals surface area contributed by atoms with Gasteiger partial charge < -0.3 is 5.32 Å². The minimum Gasteiger partial charge on any atom is -0.331 e. The van der Waals surface area contributed by atoms with E-state index < -0.39 is 0 Å². The van der Waals surface area contributed by atoms with Gasteiger partial charge in [-0.15, -0.1) is 0 Å². The molecule has 0 aromatic heterocycles. The molecule has 0 saturated carbocycles. The van der Waals surface area contributed by atoms with Crippen LogP contribution in [0.15, 0.2) is 47.6 Å². The molecule has 114 valence electrons. The van der Waals surface area contributed by atoms with Crippen LogP contribution in [0.25, 0.3) is 0 Å². The lowest BCUT2D eigenvalue weighted by atomic mass is 10.1. The summed E-state index contributed by atoms with van der Waals surface area (Å²) in [4.78, 5) is 0. The Labute approximate surface area is 141 Å². The van der Waals surface area contributed by atoms with Gasteiger partial charge in [0.25, 0.3) is 0 Å². The van der Waals surface area contributed by atoms with Crippen LogP contribution < -0.4 is 10.7 Å². The van der Waals surface area contributed by atoms with E-state index in [-0.39, 0.29) is 0 Å². The number of nitrogens with one attached hydrogen (secondary N) is 2. The van der Waals surface area contributed by atoms with Crippen molar-refractivity contribution in [3.8, 4) is 0 Å². The molecule has 2 aromatic rings. The molecule has 0 amide bonds. The molecule has 3 nitrogen and oxygen atoms in total. The van der Waals surface area contributed by atoms with Crippen LogP contribution in [0.5, 0.6) is 0 Å². The first-order chi connectivity index (χ1) is 10.5. The topological polar surface area (TPSA) is 36.4 Å². The van der Waals surface area contributed by atoms with Gasteiger partial charge in [0, 0.05) is 10.7 Å². The van der Waals surface area contributed by atoms with Crippen LogP contribution in [-0.4, -0.2) is 10.8 Å². The lowest BCUT2D eigenvalue weighted by Gasteiger charge is -2.12. The Bertz CT molecular complexity index is 708. The van der Waals surface area contributed by atoms with Crippen molar-refractivity contribution in [1.82, 2.24) is 5.43 Å². The maximum Gasteiger partial charge on any atom is 0.191 e. The zero-order valence-corrected chi connectivity index (χ0v) is 14.3. The largest absolute Gasteiger partial charge is 0.331 e. The number of benzene rings is 2. The Morgan fingerprint density at radius 1 is 1.09 bits per heavy atom. The molecule has 0 radical (unpaired) electrons. The second-order valence-electron chi connectivity index (χ2n) is 5.02. The van der Waals surface area contributed by atoms with Gasteiger partial charge in [0.15, 0.2) is 5.11 Å². The average Bonchev–Trinajstić information content (AvgIpc) is 2.50. The van der Waals surface area contributed by atoms with Crippen molar-refractivity contribution in [1.29, 1.82) is 0 Å². The minimum atomic E-state index is 0.460. The molecule has 0 unspecified atom stereocenters. The van der Waals surface area contributed by atoms with E-state index >= 15 is 0 Å². The molecule has 5 heteroatoms. The second-order valence-corrected chi connectivity index (χ2v) is 5.86. The summed E-state index contributed by atoms with van der Waals surface area (Å²) in [5.74, 6) is 0. The molecule has 2 aromatic carbocycles. The molecule has 0 saturated heterocycles. The highest BCUT2D eigenvalue weighted by atomic mass is 35.5. The molecular weight excluding hydrogens is 314 g/mol. The Morgan fingerprint density at radius 2 is 1.77 bits per heavy atom. The highest BCUT2D eigenvalue weighted by molar-refractivity contribution is 7.80. The summed E-state index contributed by atoms with van der Waals surface area (Å²) in [6, 6.07) is 13.6. The third kappa shape index (κ3) is 4.29. The average molecular weight is 332 g/mol. The van der Waals surface area contributed by atoms with E-state index in [1.54, 1.807) is 0 Å². The number of halogens is 1. The molecule has 0 atom stereocenters. The van der Waals surface area contributed by atoms with Crippen LogP contribution in [0.3, 0.4) is 0 Å². The molecule has 2 rings (SSSR count). The van der Waals surface area contributed by atoms with Gasteiger partial charge in [-0.1, -0.05) is 35.9 Å². The molecule has 0 spiro atoms. The molecule has 0 aliphatic rings. The van der Waals surface area contributed by atoms with Crippen LogP contribution in [-0.2, 0) is 0 Å². The molecular formula is C17H18ClN3S. The first kappa shape index (κ1) is 16.5. The lowest BCUT2D eigenvalue weighted by Crippen LogP contribution is -2.25. The van der Waals surface area contributed by atoms with Crippen molar-refractivity contribution < 1.29 is 0 Å². The zero-order valence-electron chi connectivity index (χ0n) is 12.8. The SMILES string of the molecule is CC(=NNC(=S)Nc1cccc(C)c1C)c1ccc(Cl)cc1. The van der Waals surface area contributed by atoms with Crippen molar-refractivity contribution in [3.05, 3.63) is 64.2 Å². The number of nitrogens with zero attached hydrogens (tertiary/aromatic N) is 1. The summed E-state index contributed by atoms with van der Waals surface area (Å²) in [5.41, 5.74) is 8.06. The quantitative estimate of drug-likeness (QED) is 0.487. The Hall–Kier alpha value is -1.91. The minimum absolute atomic E-state index is 0.460. The van der Waals surface area contributed by atoms with Gasteiger partial charge in [-0.2, -0.15) is 5.10 Å². The van der Waals surface area contributed by atoms with E-state index in [4.69, 9.17) is 23.8 Å². The zero-order chi connectivity index (χ0) is 16.1. The van der Waals surface area contributed by atoms with Crippen LogP contribution in [0.4, 0.5) is 5.69 Å². The summed E-state index contributed by atoms with van der Waals surface area (Å²) in [6.07, 6.45) is 0. The lowest BCUT2D eigenvalue weighted by molar-refractivity contribution is 1.04. The van der Waals surface area contributed by atoms with Gasteiger partial charge in [-0.05, 0) is 67.9 Å². The normalized spacial score (nSPS) is 11.2. The molecule has 22 heavy (non-hydrogen) atoms. The summed E-state index contributed by atoms with van der Waals surface area (Å²) >= 11 is 11.2. The summed E-state index contributed by atoms with van der Waals surface area (Å²) in [6.45, 7) is 6.04. The molecule has 0 aliphatic carbocycles. The number of thiocarbonyl (C=S) groups is 1. The number of hydrazone groups is 1. The van der Waals surface area contributed by atoms with E-state index in [1.807, 2.05) is 43.3 Å². The summed E-state index contributed by atoms with van der Waals surface area (Å²) in [7, 11) is 0.